The smallest absolute Gasteiger partial charge is 0.252 e. The molecule has 0 saturated heterocycles. The predicted octanol–water partition coefficient (Wildman–Crippen LogP) is 7.80. The third kappa shape index (κ3) is 17.0. The lowest BCUT2D eigenvalue weighted by Gasteiger charge is -2.30. The summed E-state index contributed by atoms with van der Waals surface area (Å²) in [5.74, 6) is 0.482. The number of carbonyl (C=O) groups is 1. The van der Waals surface area contributed by atoms with Gasteiger partial charge >= 0.3 is 0 Å². The van der Waals surface area contributed by atoms with Gasteiger partial charge in [-0.2, -0.15) is 4.98 Å². The highest BCUT2D eigenvalue weighted by Gasteiger charge is 2.15. The molecule has 42 heavy (non-hydrogen) atoms. The fourth-order valence-electron chi connectivity index (χ4n) is 3.87. The summed E-state index contributed by atoms with van der Waals surface area (Å²) in [6, 6.07) is 3.93. The number of anilines is 1. The Bertz CT molecular complexity index is 1100. The summed E-state index contributed by atoms with van der Waals surface area (Å²) >= 11 is 0. The van der Waals surface area contributed by atoms with Crippen molar-refractivity contribution in [3.05, 3.63) is 65.8 Å². The normalized spacial score (nSPS) is 10.7. The largest absolute Gasteiger partial charge is 0.379 e. The van der Waals surface area contributed by atoms with Crippen molar-refractivity contribution in [1.29, 1.82) is 0 Å². The van der Waals surface area contributed by atoms with E-state index >= 15 is 0 Å². The lowest BCUT2D eigenvalue weighted by Crippen LogP contribution is -2.38. The van der Waals surface area contributed by atoms with Gasteiger partial charge in [0.1, 0.15) is 5.65 Å². The SMILES string of the molecule is C=C/C(=C\C)Nc1ncc2ccc(=O)n(CCN(CCC)C(CC)CC)c2n1.C=CC(C)=O.CC.CCCOC(C)C. The van der Waals surface area contributed by atoms with E-state index in [0.717, 1.165) is 56.5 Å². The van der Waals surface area contributed by atoms with Crippen LogP contribution in [-0.4, -0.2) is 57.1 Å². The molecular formula is C34H59N5O3. The van der Waals surface area contributed by atoms with Crippen LogP contribution in [0.4, 0.5) is 5.95 Å². The average molecular weight is 586 g/mol. The fourth-order valence-corrected chi connectivity index (χ4v) is 3.87. The Morgan fingerprint density at radius 2 is 1.69 bits per heavy atom. The molecule has 0 aliphatic rings. The Morgan fingerprint density at radius 3 is 2.12 bits per heavy atom. The quantitative estimate of drug-likeness (QED) is 0.168. The molecule has 2 aromatic rings. The van der Waals surface area contributed by atoms with Crippen molar-refractivity contribution in [2.45, 2.75) is 114 Å². The van der Waals surface area contributed by atoms with Crippen molar-refractivity contribution < 1.29 is 9.53 Å². The van der Waals surface area contributed by atoms with Crippen LogP contribution in [-0.2, 0) is 16.1 Å². The van der Waals surface area contributed by atoms with E-state index in [4.69, 9.17) is 4.74 Å². The minimum atomic E-state index is -0.0341. The van der Waals surface area contributed by atoms with Crippen LogP contribution >= 0.6 is 0 Å². The lowest BCUT2D eigenvalue weighted by molar-refractivity contribution is -0.112. The average Bonchev–Trinajstić information content (AvgIpc) is 3.00. The molecular weight excluding hydrogens is 526 g/mol. The zero-order valence-electron chi connectivity index (χ0n) is 28.2. The van der Waals surface area contributed by atoms with Gasteiger partial charge in [0.15, 0.2) is 5.78 Å². The molecule has 0 aliphatic carbocycles. The molecule has 0 radical (unpaired) electrons. The second-order valence-corrected chi connectivity index (χ2v) is 9.61. The highest BCUT2D eigenvalue weighted by atomic mass is 16.5. The van der Waals surface area contributed by atoms with Crippen LogP contribution in [0.2, 0.25) is 0 Å². The third-order valence-corrected chi connectivity index (χ3v) is 6.03. The topological polar surface area (TPSA) is 89.4 Å². The molecule has 8 nitrogen and oxygen atoms in total. The van der Waals surface area contributed by atoms with E-state index < -0.39 is 0 Å². The number of aromatic nitrogens is 3. The number of rotatable bonds is 15. The first-order valence-electron chi connectivity index (χ1n) is 15.5. The number of fused-ring (bicyclic) bond motifs is 1. The molecule has 2 heterocycles. The van der Waals surface area contributed by atoms with Gasteiger partial charge in [-0.15, -0.1) is 0 Å². The lowest BCUT2D eigenvalue weighted by atomic mass is 10.1. The monoisotopic (exact) mass is 585 g/mol. The minimum Gasteiger partial charge on any atom is -0.379 e. The highest BCUT2D eigenvalue weighted by molar-refractivity contribution is 5.86. The number of ether oxygens (including phenoxy) is 1. The van der Waals surface area contributed by atoms with Gasteiger partial charge in [0.25, 0.3) is 5.56 Å². The second-order valence-electron chi connectivity index (χ2n) is 9.61. The maximum atomic E-state index is 12.6. The molecule has 238 valence electrons. The highest BCUT2D eigenvalue weighted by Crippen LogP contribution is 2.14. The Balaban J connectivity index is 0. The van der Waals surface area contributed by atoms with Crippen LogP contribution in [0.15, 0.2) is 60.2 Å². The Hall–Kier alpha value is -3.10. The molecule has 2 aromatic heterocycles. The Labute approximate surface area is 256 Å². The van der Waals surface area contributed by atoms with Gasteiger partial charge in [0.05, 0.1) is 6.10 Å². The van der Waals surface area contributed by atoms with Crippen molar-refractivity contribution in [3.8, 4) is 0 Å². The van der Waals surface area contributed by atoms with Crippen molar-refractivity contribution >= 4 is 22.8 Å². The second kappa shape index (κ2) is 25.6. The molecule has 0 saturated carbocycles. The van der Waals surface area contributed by atoms with Crippen LogP contribution < -0.4 is 10.9 Å². The molecule has 0 bridgehead atoms. The fraction of sp³-hybridized carbons (Fsp3) is 0.588. The van der Waals surface area contributed by atoms with Gasteiger partial charge in [-0.05, 0) is 78.1 Å². The van der Waals surface area contributed by atoms with Crippen LogP contribution in [0.25, 0.3) is 11.0 Å². The molecule has 1 N–H and O–H groups in total. The number of pyridine rings is 1. The van der Waals surface area contributed by atoms with Crippen molar-refractivity contribution in [3.63, 3.8) is 0 Å². The number of nitrogens with one attached hydrogen (secondary N) is 1. The summed E-state index contributed by atoms with van der Waals surface area (Å²) in [6.45, 7) is 30.6. The number of nitrogens with zero attached hydrogens (tertiary/aromatic N) is 4. The number of allylic oxidation sites excluding steroid dienone is 3. The predicted molar refractivity (Wildman–Crippen MR) is 181 cm³/mol. The van der Waals surface area contributed by atoms with Crippen LogP contribution in [0.3, 0.4) is 0 Å². The number of hydrogen-bond donors (Lipinski definition) is 1. The van der Waals surface area contributed by atoms with Crippen LogP contribution in [0.5, 0.6) is 0 Å². The first-order valence-corrected chi connectivity index (χ1v) is 15.5. The van der Waals surface area contributed by atoms with Crippen LogP contribution in [0.1, 0.15) is 94.9 Å². The maximum absolute atomic E-state index is 12.6. The van der Waals surface area contributed by atoms with Gasteiger partial charge < -0.3 is 10.1 Å². The molecule has 0 aromatic carbocycles. The first kappa shape index (κ1) is 41.0. The van der Waals surface area contributed by atoms with Gasteiger partial charge in [0, 0.05) is 49.1 Å². The summed E-state index contributed by atoms with van der Waals surface area (Å²) in [7, 11) is 0. The van der Waals surface area contributed by atoms with E-state index in [1.54, 1.807) is 29.0 Å². The first-order chi connectivity index (χ1) is 20.1. The summed E-state index contributed by atoms with van der Waals surface area (Å²) in [5.41, 5.74) is 1.45. The third-order valence-electron chi connectivity index (χ3n) is 6.03. The van der Waals surface area contributed by atoms with E-state index in [0.29, 0.717) is 30.3 Å². The summed E-state index contributed by atoms with van der Waals surface area (Å²) < 4.78 is 6.95. The number of ketones is 1. The molecule has 0 spiro atoms. The Morgan fingerprint density at radius 1 is 1.07 bits per heavy atom. The van der Waals surface area contributed by atoms with E-state index in [9.17, 15) is 9.59 Å². The summed E-state index contributed by atoms with van der Waals surface area (Å²) in [4.78, 5) is 33.7. The minimum absolute atomic E-state index is 0.0185. The standard InChI is InChI=1S/C22H33N5O.C6H14O.C4H6O.C2H6/c1-6-13-26(19(9-4)10-5)14-15-27-20(28)12-11-17-16-23-22(25-21(17)27)24-18(7-2)8-3;1-4-5-7-6(2)3;1-3-4(2)5;1-2/h7-8,11-12,16,19H,2,6,9-10,13-15H2,1,3-5H3,(H,23,24,25);6H,4-5H2,1-3H3;3H,1H2,2H3;1-2H3/b18-8+;;;. The van der Waals surface area contributed by atoms with E-state index in [1.807, 2.05) is 26.8 Å². The van der Waals surface area contributed by atoms with Gasteiger partial charge in [-0.1, -0.05) is 60.8 Å². The zero-order chi connectivity index (χ0) is 32.5. The van der Waals surface area contributed by atoms with E-state index in [-0.39, 0.29) is 11.3 Å². The summed E-state index contributed by atoms with van der Waals surface area (Å²) in [5, 5.41) is 3.99. The zero-order valence-corrected chi connectivity index (χ0v) is 28.2. The molecule has 2 rings (SSSR count). The Kier molecular flexibility index (Phi) is 25.0. The molecule has 0 aliphatic heterocycles. The van der Waals surface area contributed by atoms with Gasteiger partial charge in [0.2, 0.25) is 5.95 Å². The van der Waals surface area contributed by atoms with Crippen LogP contribution in [0, 0.1) is 0 Å². The number of carbonyl (C=O) groups excluding carboxylic acids is 1. The van der Waals surface area contributed by atoms with Crippen molar-refractivity contribution in [2.24, 2.45) is 0 Å². The number of hydrogen-bond acceptors (Lipinski definition) is 7. The van der Waals surface area contributed by atoms with Gasteiger partial charge in [-0.25, -0.2) is 4.98 Å². The molecule has 0 unspecified atom stereocenters. The summed E-state index contributed by atoms with van der Waals surface area (Å²) in [6.07, 6.45) is 11.5. The van der Waals surface area contributed by atoms with E-state index in [2.05, 4.69) is 74.9 Å². The molecule has 0 amide bonds. The maximum Gasteiger partial charge on any atom is 0.252 e. The van der Waals surface area contributed by atoms with Crippen molar-refractivity contribution in [1.82, 2.24) is 19.4 Å². The van der Waals surface area contributed by atoms with Crippen molar-refractivity contribution in [2.75, 3.05) is 25.0 Å². The molecule has 0 fully saturated rings. The van der Waals surface area contributed by atoms with E-state index in [1.165, 1.54) is 13.0 Å². The van der Waals surface area contributed by atoms with Gasteiger partial charge in [-0.3, -0.25) is 19.1 Å². The molecule has 0 atom stereocenters. The molecule has 8 heteroatoms.